The van der Waals surface area contributed by atoms with Crippen molar-refractivity contribution < 1.29 is 14.6 Å². The van der Waals surface area contributed by atoms with Crippen LogP contribution in [0.2, 0.25) is 0 Å². The molecule has 0 bridgehead atoms. The first-order valence-corrected chi connectivity index (χ1v) is 7.31. The van der Waals surface area contributed by atoms with Crippen LogP contribution in [0.3, 0.4) is 0 Å². The Morgan fingerprint density at radius 3 is 2.84 bits per heavy atom. The molecule has 0 radical (unpaired) electrons. The van der Waals surface area contributed by atoms with Crippen molar-refractivity contribution in [2.24, 2.45) is 0 Å². The molecule has 104 valence electrons. The Bertz CT molecular complexity index is 455. The number of thioether (sulfide) groups is 1. The van der Waals surface area contributed by atoms with E-state index in [1.807, 2.05) is 30.0 Å². The number of benzene rings is 1. The van der Waals surface area contributed by atoms with Crippen LogP contribution in [-0.2, 0) is 10.5 Å². The predicted octanol–water partition coefficient (Wildman–Crippen LogP) is 3.82. The highest BCUT2D eigenvalue weighted by atomic mass is 32.2. The topological polar surface area (TPSA) is 46.5 Å². The van der Waals surface area contributed by atoms with Crippen molar-refractivity contribution in [3.8, 4) is 5.75 Å². The van der Waals surface area contributed by atoms with E-state index in [1.165, 1.54) is 5.56 Å². The minimum Gasteiger partial charge on any atom is -0.496 e. The largest absolute Gasteiger partial charge is 0.496 e. The molecule has 0 heterocycles. The van der Waals surface area contributed by atoms with E-state index in [0.717, 1.165) is 23.8 Å². The first-order chi connectivity index (χ1) is 9.06. The maximum Gasteiger partial charge on any atom is 0.328 e. The molecular weight excluding hydrogens is 260 g/mol. The van der Waals surface area contributed by atoms with E-state index in [2.05, 4.69) is 13.8 Å². The predicted molar refractivity (Wildman–Crippen MR) is 80.7 cm³/mol. The second-order valence-corrected chi connectivity index (χ2v) is 5.70. The molecule has 1 atom stereocenters. The van der Waals surface area contributed by atoms with Gasteiger partial charge in [-0.1, -0.05) is 19.9 Å². The van der Waals surface area contributed by atoms with E-state index >= 15 is 0 Å². The molecule has 0 saturated carbocycles. The molecule has 1 rings (SSSR count). The van der Waals surface area contributed by atoms with Crippen LogP contribution in [0.4, 0.5) is 0 Å². The summed E-state index contributed by atoms with van der Waals surface area (Å²) in [5.41, 5.74) is 1.98. The number of methoxy groups -OCH3 is 1. The van der Waals surface area contributed by atoms with Crippen LogP contribution in [0, 0.1) is 0 Å². The zero-order valence-corrected chi connectivity index (χ0v) is 12.4. The lowest BCUT2D eigenvalue weighted by molar-refractivity contribution is -0.131. The Balaban J connectivity index is 2.85. The maximum atomic E-state index is 10.6. The molecular formula is C15H20O3S. The van der Waals surface area contributed by atoms with Gasteiger partial charge >= 0.3 is 5.97 Å². The van der Waals surface area contributed by atoms with E-state index in [4.69, 9.17) is 9.84 Å². The van der Waals surface area contributed by atoms with Crippen molar-refractivity contribution in [1.82, 2.24) is 0 Å². The molecule has 0 saturated heterocycles. The standard InChI is InChI=1S/C15H20O3S/c1-4-11(2)19-10-12-5-7-14(18-3)13(9-12)6-8-15(16)17/h5-9,11H,4,10H2,1-3H3,(H,16,17)/b8-6+. The highest BCUT2D eigenvalue weighted by molar-refractivity contribution is 7.99. The SMILES string of the molecule is CCC(C)SCc1ccc(OC)c(/C=C/C(=O)O)c1. The molecule has 1 unspecified atom stereocenters. The van der Waals surface area contributed by atoms with Gasteiger partial charge in [-0.2, -0.15) is 11.8 Å². The molecule has 0 aliphatic carbocycles. The molecule has 4 heteroatoms. The average molecular weight is 280 g/mol. The van der Waals surface area contributed by atoms with Crippen LogP contribution in [-0.4, -0.2) is 23.4 Å². The Morgan fingerprint density at radius 2 is 2.26 bits per heavy atom. The van der Waals surface area contributed by atoms with Crippen molar-refractivity contribution >= 4 is 23.8 Å². The fourth-order valence-electron chi connectivity index (χ4n) is 1.52. The van der Waals surface area contributed by atoms with E-state index < -0.39 is 5.97 Å². The monoisotopic (exact) mass is 280 g/mol. The van der Waals surface area contributed by atoms with Crippen LogP contribution in [0.15, 0.2) is 24.3 Å². The van der Waals surface area contributed by atoms with Crippen molar-refractivity contribution in [3.05, 3.63) is 35.4 Å². The average Bonchev–Trinajstić information content (AvgIpc) is 2.42. The number of carbonyl (C=O) groups is 1. The zero-order valence-electron chi connectivity index (χ0n) is 11.6. The molecule has 1 N–H and O–H groups in total. The summed E-state index contributed by atoms with van der Waals surface area (Å²) in [6.45, 7) is 4.38. The van der Waals surface area contributed by atoms with Crippen molar-refractivity contribution in [1.29, 1.82) is 0 Å². The summed E-state index contributed by atoms with van der Waals surface area (Å²) >= 11 is 1.89. The van der Waals surface area contributed by atoms with Gasteiger partial charge in [-0.25, -0.2) is 4.79 Å². The van der Waals surface area contributed by atoms with Crippen LogP contribution >= 0.6 is 11.8 Å². The Hall–Kier alpha value is -1.42. The molecule has 0 fully saturated rings. The number of carboxylic acids is 1. The Morgan fingerprint density at radius 1 is 1.53 bits per heavy atom. The van der Waals surface area contributed by atoms with Gasteiger partial charge in [-0.3, -0.25) is 0 Å². The van der Waals surface area contributed by atoms with Gasteiger partial charge < -0.3 is 9.84 Å². The highest BCUT2D eigenvalue weighted by Gasteiger charge is 2.05. The van der Waals surface area contributed by atoms with E-state index in [-0.39, 0.29) is 0 Å². The van der Waals surface area contributed by atoms with Crippen molar-refractivity contribution in [3.63, 3.8) is 0 Å². The van der Waals surface area contributed by atoms with Crippen LogP contribution in [0.25, 0.3) is 6.08 Å². The first-order valence-electron chi connectivity index (χ1n) is 6.26. The van der Waals surface area contributed by atoms with Crippen molar-refractivity contribution in [2.75, 3.05) is 7.11 Å². The third kappa shape index (κ3) is 5.39. The number of hydrogen-bond acceptors (Lipinski definition) is 3. The molecule has 0 aliphatic rings. The molecule has 1 aromatic carbocycles. The lowest BCUT2D eigenvalue weighted by atomic mass is 10.1. The minimum absolute atomic E-state index is 0.625. The molecule has 0 aromatic heterocycles. The Labute approximate surface area is 118 Å². The number of hydrogen-bond donors (Lipinski definition) is 1. The lowest BCUT2D eigenvalue weighted by Crippen LogP contribution is -1.95. The normalized spacial score (nSPS) is 12.6. The van der Waals surface area contributed by atoms with Gasteiger partial charge in [0.2, 0.25) is 0 Å². The fourth-order valence-corrected chi connectivity index (χ4v) is 2.41. The summed E-state index contributed by atoms with van der Waals surface area (Å²) in [6.07, 6.45) is 3.84. The lowest BCUT2D eigenvalue weighted by Gasteiger charge is -2.10. The van der Waals surface area contributed by atoms with Crippen LogP contribution < -0.4 is 4.74 Å². The molecule has 0 amide bonds. The van der Waals surface area contributed by atoms with E-state index in [9.17, 15) is 4.79 Å². The highest BCUT2D eigenvalue weighted by Crippen LogP contribution is 2.25. The second kappa shape index (κ2) is 7.89. The van der Waals surface area contributed by atoms with E-state index in [1.54, 1.807) is 13.2 Å². The van der Waals surface area contributed by atoms with Gasteiger partial charge in [0.1, 0.15) is 5.75 Å². The maximum absolute atomic E-state index is 10.6. The summed E-state index contributed by atoms with van der Waals surface area (Å²) in [4.78, 5) is 10.6. The van der Waals surface area contributed by atoms with Gasteiger partial charge in [-0.15, -0.1) is 0 Å². The molecule has 0 spiro atoms. The molecule has 3 nitrogen and oxygen atoms in total. The van der Waals surface area contributed by atoms with E-state index in [0.29, 0.717) is 11.0 Å². The van der Waals surface area contributed by atoms with Crippen LogP contribution in [0.5, 0.6) is 5.75 Å². The number of ether oxygens (including phenoxy) is 1. The third-order valence-electron chi connectivity index (χ3n) is 2.81. The van der Waals surface area contributed by atoms with Gasteiger partial charge in [0, 0.05) is 22.6 Å². The summed E-state index contributed by atoms with van der Waals surface area (Å²) < 4.78 is 5.23. The molecule has 19 heavy (non-hydrogen) atoms. The van der Waals surface area contributed by atoms with Crippen LogP contribution in [0.1, 0.15) is 31.4 Å². The van der Waals surface area contributed by atoms with Gasteiger partial charge in [0.25, 0.3) is 0 Å². The summed E-state index contributed by atoms with van der Waals surface area (Å²) in [7, 11) is 1.58. The number of rotatable bonds is 7. The van der Waals surface area contributed by atoms with Gasteiger partial charge in [0.15, 0.2) is 0 Å². The van der Waals surface area contributed by atoms with Gasteiger partial charge in [-0.05, 0) is 30.2 Å². The smallest absolute Gasteiger partial charge is 0.328 e. The summed E-state index contributed by atoms with van der Waals surface area (Å²) in [5.74, 6) is 0.656. The quantitative estimate of drug-likeness (QED) is 0.771. The van der Waals surface area contributed by atoms with Crippen molar-refractivity contribution in [2.45, 2.75) is 31.3 Å². The minimum atomic E-state index is -0.957. The zero-order chi connectivity index (χ0) is 14.3. The van der Waals surface area contributed by atoms with Gasteiger partial charge in [0.05, 0.1) is 7.11 Å². The summed E-state index contributed by atoms with van der Waals surface area (Å²) in [5, 5.41) is 9.31. The second-order valence-electron chi connectivity index (χ2n) is 4.28. The number of carboxylic acid groups (broad SMARTS) is 1. The number of aliphatic carboxylic acids is 1. The fraction of sp³-hybridized carbons (Fsp3) is 0.400. The molecule has 0 aliphatic heterocycles. The Kier molecular flexibility index (Phi) is 6.50. The first kappa shape index (κ1) is 15.6. The molecule has 1 aromatic rings. The third-order valence-corrected chi connectivity index (χ3v) is 4.21. The summed E-state index contributed by atoms with van der Waals surface area (Å²) in [6, 6.07) is 5.88.